The molecule has 4 aromatic rings. The molecule has 0 saturated carbocycles. The van der Waals surface area contributed by atoms with E-state index >= 15 is 0 Å². The summed E-state index contributed by atoms with van der Waals surface area (Å²) in [5.41, 5.74) is 4.08. The summed E-state index contributed by atoms with van der Waals surface area (Å²) >= 11 is 0. The van der Waals surface area contributed by atoms with Crippen molar-refractivity contribution < 1.29 is 4.74 Å². The van der Waals surface area contributed by atoms with Crippen molar-refractivity contribution in [2.45, 2.75) is 18.9 Å². The number of morpholine rings is 1. The molecule has 0 amide bonds. The molecule has 1 N–H and O–H groups in total. The predicted molar refractivity (Wildman–Crippen MR) is 121 cm³/mol. The summed E-state index contributed by atoms with van der Waals surface area (Å²) in [6.45, 7) is 5.21. The first-order valence-electron chi connectivity index (χ1n) is 11.1. The molecule has 0 spiro atoms. The van der Waals surface area contributed by atoms with Gasteiger partial charge in [-0.2, -0.15) is 10.1 Å². The maximum Gasteiger partial charge on any atom is 0.228 e. The number of aromatic nitrogens is 5. The van der Waals surface area contributed by atoms with Crippen LogP contribution in [0.1, 0.15) is 18.9 Å². The lowest BCUT2D eigenvalue weighted by Gasteiger charge is -2.30. The van der Waals surface area contributed by atoms with Crippen molar-refractivity contribution in [3.05, 3.63) is 36.7 Å². The van der Waals surface area contributed by atoms with E-state index in [1.807, 2.05) is 12.4 Å². The van der Waals surface area contributed by atoms with Crippen molar-refractivity contribution in [1.29, 1.82) is 0 Å². The first kappa shape index (κ1) is 18.8. The van der Waals surface area contributed by atoms with Gasteiger partial charge < -0.3 is 19.5 Å². The number of ether oxygens (including phenoxy) is 1. The SMILES string of the molecule is CN1CCC(n2ncc3c(-c4ccc5cc[nH]c5c4)nc(N4CCOCC4)nc32)CC1. The number of rotatable bonds is 3. The van der Waals surface area contributed by atoms with E-state index in [9.17, 15) is 0 Å². The van der Waals surface area contributed by atoms with Crippen LogP contribution in [0.3, 0.4) is 0 Å². The molecule has 0 bridgehead atoms. The summed E-state index contributed by atoms with van der Waals surface area (Å²) in [5, 5.41) is 7.03. The smallest absolute Gasteiger partial charge is 0.228 e. The number of hydrogen-bond donors (Lipinski definition) is 1. The van der Waals surface area contributed by atoms with Gasteiger partial charge in [0.05, 0.1) is 36.5 Å². The lowest BCUT2D eigenvalue weighted by Crippen LogP contribution is -2.37. The first-order valence-corrected chi connectivity index (χ1v) is 11.1. The quantitative estimate of drug-likeness (QED) is 0.552. The maximum absolute atomic E-state index is 5.55. The van der Waals surface area contributed by atoms with Crippen LogP contribution in [0.4, 0.5) is 5.95 Å². The number of nitrogens with one attached hydrogen (secondary N) is 1. The second kappa shape index (κ2) is 7.62. The zero-order chi connectivity index (χ0) is 20.8. The Balaban J connectivity index is 1.50. The lowest BCUT2D eigenvalue weighted by atomic mass is 10.1. The molecule has 2 aliphatic heterocycles. The number of piperidine rings is 1. The molecule has 0 radical (unpaired) electrons. The van der Waals surface area contributed by atoms with E-state index in [2.05, 4.69) is 50.8 Å². The van der Waals surface area contributed by atoms with Gasteiger partial charge >= 0.3 is 0 Å². The van der Waals surface area contributed by atoms with Crippen LogP contribution < -0.4 is 4.90 Å². The van der Waals surface area contributed by atoms with Gasteiger partial charge in [0.2, 0.25) is 5.95 Å². The van der Waals surface area contributed by atoms with E-state index in [0.29, 0.717) is 19.3 Å². The molecule has 0 atom stereocenters. The van der Waals surface area contributed by atoms with Gasteiger partial charge in [-0.25, -0.2) is 9.67 Å². The molecule has 3 aromatic heterocycles. The molecule has 1 aromatic carbocycles. The van der Waals surface area contributed by atoms with E-state index in [-0.39, 0.29) is 0 Å². The number of likely N-dealkylation sites (tertiary alicyclic amines) is 1. The lowest BCUT2D eigenvalue weighted by molar-refractivity contribution is 0.122. The number of H-pyrrole nitrogens is 1. The highest BCUT2D eigenvalue weighted by molar-refractivity contribution is 5.94. The Labute approximate surface area is 180 Å². The van der Waals surface area contributed by atoms with Crippen LogP contribution in [-0.2, 0) is 4.74 Å². The molecule has 6 rings (SSSR count). The predicted octanol–water partition coefficient (Wildman–Crippen LogP) is 3.08. The Kier molecular flexibility index (Phi) is 4.61. The molecule has 8 heteroatoms. The maximum atomic E-state index is 5.55. The zero-order valence-corrected chi connectivity index (χ0v) is 17.8. The number of nitrogens with zero attached hydrogens (tertiary/aromatic N) is 6. The molecule has 2 aliphatic rings. The van der Waals surface area contributed by atoms with Crippen LogP contribution in [0, 0.1) is 0 Å². The van der Waals surface area contributed by atoms with E-state index in [0.717, 1.165) is 72.8 Å². The van der Waals surface area contributed by atoms with Gasteiger partial charge in [0, 0.05) is 30.4 Å². The van der Waals surface area contributed by atoms with Crippen LogP contribution in [0.2, 0.25) is 0 Å². The summed E-state index contributed by atoms with van der Waals surface area (Å²) in [7, 11) is 2.19. The van der Waals surface area contributed by atoms with Crippen LogP contribution >= 0.6 is 0 Å². The van der Waals surface area contributed by atoms with Gasteiger partial charge in [0.15, 0.2) is 5.65 Å². The average Bonchev–Trinajstić information content (AvgIpc) is 3.46. The van der Waals surface area contributed by atoms with Crippen molar-refractivity contribution in [1.82, 2.24) is 29.6 Å². The minimum Gasteiger partial charge on any atom is -0.378 e. The normalized spacial score (nSPS) is 18.9. The second-order valence-corrected chi connectivity index (χ2v) is 8.61. The Morgan fingerprint density at radius 2 is 1.87 bits per heavy atom. The van der Waals surface area contributed by atoms with Gasteiger partial charge in [0.25, 0.3) is 0 Å². The molecular weight excluding hydrogens is 390 g/mol. The third kappa shape index (κ3) is 3.36. The summed E-state index contributed by atoms with van der Waals surface area (Å²) in [5.74, 6) is 0.770. The Morgan fingerprint density at radius 3 is 2.71 bits per heavy atom. The number of aromatic amines is 1. The fourth-order valence-corrected chi connectivity index (χ4v) is 4.74. The molecule has 5 heterocycles. The third-order valence-electron chi connectivity index (χ3n) is 6.60. The van der Waals surface area contributed by atoms with E-state index in [1.165, 1.54) is 5.39 Å². The van der Waals surface area contributed by atoms with Gasteiger partial charge in [-0.05, 0) is 50.5 Å². The largest absolute Gasteiger partial charge is 0.378 e. The summed E-state index contributed by atoms with van der Waals surface area (Å²) < 4.78 is 7.70. The standard InChI is InChI=1S/C23H27N7O/c1-28-8-5-18(6-9-28)30-22-19(15-25-30)21(17-3-2-16-4-7-24-20(16)14-17)26-23(27-22)29-10-12-31-13-11-29/h2-4,7,14-15,18,24H,5-6,8-13H2,1H3. The highest BCUT2D eigenvalue weighted by Crippen LogP contribution is 2.33. The Bertz CT molecular complexity index is 1220. The van der Waals surface area contributed by atoms with Gasteiger partial charge in [-0.3, -0.25) is 0 Å². The first-order chi connectivity index (χ1) is 15.3. The second-order valence-electron chi connectivity index (χ2n) is 8.61. The number of benzene rings is 1. The highest BCUT2D eigenvalue weighted by Gasteiger charge is 2.25. The topological polar surface area (TPSA) is 75.1 Å². The molecule has 2 saturated heterocycles. The molecular formula is C23H27N7O. The fourth-order valence-electron chi connectivity index (χ4n) is 4.74. The molecule has 31 heavy (non-hydrogen) atoms. The molecule has 0 unspecified atom stereocenters. The van der Waals surface area contributed by atoms with Crippen LogP contribution in [0.15, 0.2) is 36.7 Å². The summed E-state index contributed by atoms with van der Waals surface area (Å²) in [4.78, 5) is 18.0. The van der Waals surface area contributed by atoms with E-state index < -0.39 is 0 Å². The molecule has 0 aliphatic carbocycles. The van der Waals surface area contributed by atoms with Crippen molar-refractivity contribution in [3.63, 3.8) is 0 Å². The van der Waals surface area contributed by atoms with E-state index in [4.69, 9.17) is 19.8 Å². The van der Waals surface area contributed by atoms with Crippen LogP contribution in [-0.4, -0.2) is 76.1 Å². The zero-order valence-electron chi connectivity index (χ0n) is 17.8. The Morgan fingerprint density at radius 1 is 1.03 bits per heavy atom. The van der Waals surface area contributed by atoms with Gasteiger partial charge in [-0.15, -0.1) is 0 Å². The minimum atomic E-state index is 0.375. The van der Waals surface area contributed by atoms with Crippen molar-refractivity contribution in [3.8, 4) is 11.3 Å². The fraction of sp³-hybridized carbons (Fsp3) is 0.435. The average molecular weight is 418 g/mol. The van der Waals surface area contributed by atoms with E-state index in [1.54, 1.807) is 0 Å². The highest BCUT2D eigenvalue weighted by atomic mass is 16.5. The minimum absolute atomic E-state index is 0.375. The van der Waals surface area contributed by atoms with Crippen molar-refractivity contribution in [2.75, 3.05) is 51.3 Å². The van der Waals surface area contributed by atoms with Crippen molar-refractivity contribution >= 4 is 27.9 Å². The summed E-state index contributed by atoms with van der Waals surface area (Å²) in [6, 6.07) is 8.93. The number of hydrogen-bond acceptors (Lipinski definition) is 6. The monoisotopic (exact) mass is 417 g/mol. The molecule has 160 valence electrons. The molecule has 8 nitrogen and oxygen atoms in total. The number of anilines is 1. The van der Waals surface area contributed by atoms with Gasteiger partial charge in [-0.1, -0.05) is 12.1 Å². The number of fused-ring (bicyclic) bond motifs is 2. The third-order valence-corrected chi connectivity index (χ3v) is 6.60. The Hall–Kier alpha value is -2.97. The van der Waals surface area contributed by atoms with Crippen molar-refractivity contribution in [2.24, 2.45) is 0 Å². The van der Waals surface area contributed by atoms with Crippen LogP contribution in [0.25, 0.3) is 33.2 Å². The summed E-state index contributed by atoms with van der Waals surface area (Å²) in [6.07, 6.45) is 6.11. The van der Waals surface area contributed by atoms with Crippen LogP contribution in [0.5, 0.6) is 0 Å². The van der Waals surface area contributed by atoms with Gasteiger partial charge in [0.1, 0.15) is 0 Å². The molecule has 2 fully saturated rings.